The zero-order valence-corrected chi connectivity index (χ0v) is 14.5. The average Bonchev–Trinajstić information content (AvgIpc) is 2.94. The van der Waals surface area contributed by atoms with Crippen molar-refractivity contribution >= 4 is 22.8 Å². The summed E-state index contributed by atoms with van der Waals surface area (Å²) in [5.41, 5.74) is 1.86. The fourth-order valence-electron chi connectivity index (χ4n) is 3.06. The second-order valence-electron chi connectivity index (χ2n) is 6.64. The number of hydrogen-bond acceptors (Lipinski definition) is 2. The fourth-order valence-corrected chi connectivity index (χ4v) is 3.06. The van der Waals surface area contributed by atoms with E-state index in [1.807, 2.05) is 30.5 Å². The lowest BCUT2D eigenvalue weighted by atomic mass is 9.90. The summed E-state index contributed by atoms with van der Waals surface area (Å²) in [4.78, 5) is 26.9. The Labute approximate surface area is 142 Å². The van der Waals surface area contributed by atoms with Crippen molar-refractivity contribution in [2.45, 2.75) is 46.1 Å². The highest BCUT2D eigenvalue weighted by atomic mass is 16.4. The Kier molecular flexibility index (Phi) is 6.01. The van der Waals surface area contributed by atoms with Gasteiger partial charge in [0.1, 0.15) is 6.04 Å². The summed E-state index contributed by atoms with van der Waals surface area (Å²) < 4.78 is 0. The molecule has 0 saturated heterocycles. The molecule has 0 aliphatic rings. The Bertz CT molecular complexity index is 705. The van der Waals surface area contributed by atoms with Crippen LogP contribution in [0, 0.1) is 11.8 Å². The molecule has 1 aromatic heterocycles. The van der Waals surface area contributed by atoms with Crippen molar-refractivity contribution < 1.29 is 14.7 Å². The van der Waals surface area contributed by atoms with Crippen molar-refractivity contribution in [1.29, 1.82) is 0 Å². The quantitative estimate of drug-likeness (QED) is 0.694. The van der Waals surface area contributed by atoms with E-state index in [0.717, 1.165) is 22.9 Å². The molecule has 0 aliphatic carbocycles. The normalized spacial score (nSPS) is 13.8. The number of aromatic nitrogens is 1. The Balaban J connectivity index is 2.07. The van der Waals surface area contributed by atoms with Crippen LogP contribution < -0.4 is 5.32 Å². The molecule has 0 bridgehead atoms. The summed E-state index contributed by atoms with van der Waals surface area (Å²) >= 11 is 0. The van der Waals surface area contributed by atoms with Crippen molar-refractivity contribution in [3.8, 4) is 0 Å². The Morgan fingerprint density at radius 2 is 1.96 bits per heavy atom. The second-order valence-corrected chi connectivity index (χ2v) is 6.64. The highest BCUT2D eigenvalue weighted by Gasteiger charge is 2.24. The van der Waals surface area contributed by atoms with Gasteiger partial charge in [-0.15, -0.1) is 0 Å². The number of fused-ring (bicyclic) bond motifs is 1. The van der Waals surface area contributed by atoms with E-state index in [1.165, 1.54) is 0 Å². The number of carboxylic acid groups (broad SMARTS) is 1. The number of para-hydroxylation sites is 1. The molecule has 0 saturated carbocycles. The van der Waals surface area contributed by atoms with Crippen LogP contribution in [0.25, 0.3) is 10.9 Å². The SMILES string of the molecule is CCC(CC(=O)NC(Cc1c[nH]c2ccccc12)C(=O)O)C(C)C. The van der Waals surface area contributed by atoms with Crippen LogP contribution in [0.5, 0.6) is 0 Å². The molecule has 5 nitrogen and oxygen atoms in total. The molecule has 0 aliphatic heterocycles. The van der Waals surface area contributed by atoms with Gasteiger partial charge < -0.3 is 15.4 Å². The molecule has 2 rings (SSSR count). The highest BCUT2D eigenvalue weighted by Crippen LogP contribution is 2.21. The Morgan fingerprint density at radius 1 is 1.25 bits per heavy atom. The van der Waals surface area contributed by atoms with Crippen LogP contribution >= 0.6 is 0 Å². The molecule has 3 N–H and O–H groups in total. The third-order valence-electron chi connectivity index (χ3n) is 4.65. The van der Waals surface area contributed by atoms with Gasteiger partial charge in [0.2, 0.25) is 5.91 Å². The van der Waals surface area contributed by atoms with Gasteiger partial charge >= 0.3 is 5.97 Å². The van der Waals surface area contributed by atoms with Crippen LogP contribution in [0.15, 0.2) is 30.5 Å². The number of amides is 1. The molecule has 2 aromatic rings. The van der Waals surface area contributed by atoms with Gasteiger partial charge in [0.25, 0.3) is 0 Å². The number of rotatable bonds is 8. The standard InChI is InChI=1S/C19H26N2O3/c1-4-13(12(2)3)10-18(22)21-17(19(23)24)9-14-11-20-16-8-6-5-7-15(14)16/h5-8,11-13,17,20H,4,9-10H2,1-3H3,(H,21,22)(H,23,24). The van der Waals surface area contributed by atoms with Gasteiger partial charge in [-0.05, 0) is 23.5 Å². The van der Waals surface area contributed by atoms with E-state index >= 15 is 0 Å². The molecular formula is C19H26N2O3. The van der Waals surface area contributed by atoms with Crippen molar-refractivity contribution in [3.63, 3.8) is 0 Å². The number of aliphatic carboxylic acids is 1. The van der Waals surface area contributed by atoms with Gasteiger partial charge in [-0.1, -0.05) is 45.4 Å². The van der Waals surface area contributed by atoms with Crippen LogP contribution in [0.1, 0.15) is 39.2 Å². The summed E-state index contributed by atoms with van der Waals surface area (Å²) in [5, 5.41) is 13.1. The lowest BCUT2D eigenvalue weighted by Crippen LogP contribution is -2.43. The minimum Gasteiger partial charge on any atom is -0.480 e. The van der Waals surface area contributed by atoms with Crippen molar-refractivity contribution in [3.05, 3.63) is 36.0 Å². The number of carbonyl (C=O) groups is 2. The number of nitrogens with one attached hydrogen (secondary N) is 2. The van der Waals surface area contributed by atoms with Crippen LogP contribution in [-0.4, -0.2) is 28.0 Å². The van der Waals surface area contributed by atoms with Gasteiger partial charge in [0.05, 0.1) is 0 Å². The molecule has 0 radical (unpaired) electrons. The molecular weight excluding hydrogens is 304 g/mol. The van der Waals surface area contributed by atoms with E-state index in [1.54, 1.807) is 0 Å². The molecule has 0 spiro atoms. The minimum absolute atomic E-state index is 0.192. The van der Waals surface area contributed by atoms with E-state index in [0.29, 0.717) is 12.3 Å². The van der Waals surface area contributed by atoms with E-state index in [-0.39, 0.29) is 18.2 Å². The molecule has 5 heteroatoms. The maximum Gasteiger partial charge on any atom is 0.326 e. The van der Waals surface area contributed by atoms with E-state index < -0.39 is 12.0 Å². The molecule has 1 amide bonds. The van der Waals surface area contributed by atoms with Crippen LogP contribution in [-0.2, 0) is 16.0 Å². The monoisotopic (exact) mass is 330 g/mol. The van der Waals surface area contributed by atoms with Crippen LogP contribution in [0.4, 0.5) is 0 Å². The summed E-state index contributed by atoms with van der Waals surface area (Å²) in [6.07, 6.45) is 3.36. The zero-order chi connectivity index (χ0) is 17.7. The molecule has 1 aromatic carbocycles. The van der Waals surface area contributed by atoms with Crippen molar-refractivity contribution in [2.75, 3.05) is 0 Å². The first kappa shape index (κ1) is 18.0. The van der Waals surface area contributed by atoms with Crippen LogP contribution in [0.3, 0.4) is 0 Å². The molecule has 2 atom stereocenters. The Hall–Kier alpha value is -2.30. The first-order valence-electron chi connectivity index (χ1n) is 8.49. The lowest BCUT2D eigenvalue weighted by molar-refractivity contribution is -0.142. The summed E-state index contributed by atoms with van der Waals surface area (Å²) in [6.45, 7) is 6.22. The predicted octanol–water partition coefficient (Wildman–Crippen LogP) is 3.35. The average molecular weight is 330 g/mol. The van der Waals surface area contributed by atoms with Gasteiger partial charge in [-0.25, -0.2) is 4.79 Å². The van der Waals surface area contributed by atoms with Crippen LogP contribution in [0.2, 0.25) is 0 Å². The van der Waals surface area contributed by atoms with Gasteiger partial charge in [0.15, 0.2) is 0 Å². The summed E-state index contributed by atoms with van der Waals surface area (Å²) in [6, 6.07) is 6.83. The first-order chi connectivity index (χ1) is 11.4. The van der Waals surface area contributed by atoms with E-state index in [9.17, 15) is 14.7 Å². The fraction of sp³-hybridized carbons (Fsp3) is 0.474. The summed E-state index contributed by atoms with van der Waals surface area (Å²) in [5.74, 6) is -0.529. The third kappa shape index (κ3) is 4.37. The largest absolute Gasteiger partial charge is 0.480 e. The molecule has 1 heterocycles. The molecule has 130 valence electrons. The maximum atomic E-state index is 12.2. The predicted molar refractivity (Wildman–Crippen MR) is 94.8 cm³/mol. The zero-order valence-electron chi connectivity index (χ0n) is 14.5. The molecule has 0 fully saturated rings. The van der Waals surface area contributed by atoms with Crippen molar-refractivity contribution in [2.24, 2.45) is 11.8 Å². The third-order valence-corrected chi connectivity index (χ3v) is 4.65. The van der Waals surface area contributed by atoms with E-state index in [4.69, 9.17) is 0 Å². The lowest BCUT2D eigenvalue weighted by Gasteiger charge is -2.20. The van der Waals surface area contributed by atoms with Crippen molar-refractivity contribution in [1.82, 2.24) is 10.3 Å². The number of aromatic amines is 1. The number of carboxylic acids is 1. The highest BCUT2D eigenvalue weighted by molar-refractivity contribution is 5.86. The number of hydrogen-bond donors (Lipinski definition) is 3. The topological polar surface area (TPSA) is 82.2 Å². The molecule has 24 heavy (non-hydrogen) atoms. The maximum absolute atomic E-state index is 12.2. The first-order valence-corrected chi connectivity index (χ1v) is 8.49. The molecule has 2 unspecified atom stereocenters. The number of H-pyrrole nitrogens is 1. The summed E-state index contributed by atoms with van der Waals surface area (Å²) in [7, 11) is 0. The van der Waals surface area contributed by atoms with Gasteiger partial charge in [0, 0.05) is 29.9 Å². The minimum atomic E-state index is -1.01. The smallest absolute Gasteiger partial charge is 0.326 e. The second kappa shape index (κ2) is 7.99. The Morgan fingerprint density at radius 3 is 2.58 bits per heavy atom. The number of carbonyl (C=O) groups excluding carboxylic acids is 1. The number of benzene rings is 1. The van der Waals surface area contributed by atoms with Gasteiger partial charge in [-0.2, -0.15) is 0 Å². The van der Waals surface area contributed by atoms with E-state index in [2.05, 4.69) is 31.1 Å². The van der Waals surface area contributed by atoms with Gasteiger partial charge in [-0.3, -0.25) is 4.79 Å².